The van der Waals surface area contributed by atoms with Crippen molar-refractivity contribution in [3.8, 4) is 0 Å². The number of hydrogen-bond acceptors (Lipinski definition) is 2. The van der Waals surface area contributed by atoms with Crippen LogP contribution in [0, 0.1) is 0 Å². The van der Waals surface area contributed by atoms with Crippen LogP contribution in [0.3, 0.4) is 0 Å². The molecule has 1 atom stereocenters. The van der Waals surface area contributed by atoms with Crippen LogP contribution in [0.25, 0.3) is 0 Å². The molecule has 1 unspecified atom stereocenters. The summed E-state index contributed by atoms with van der Waals surface area (Å²) in [7, 11) is 0. The monoisotopic (exact) mass is 168 g/mol. The number of rotatable bonds is 5. The summed E-state index contributed by atoms with van der Waals surface area (Å²) in [6, 6.07) is 0. The number of unbranched alkanes of at least 4 members (excludes halogenated alkanes) is 2. The first kappa shape index (κ1) is 9.33. The van der Waals surface area contributed by atoms with Crippen LogP contribution in [-0.2, 0) is 9.47 Å². The van der Waals surface area contributed by atoms with Crippen LogP contribution in [-0.4, -0.2) is 12.9 Å². The lowest BCUT2D eigenvalue weighted by Crippen LogP contribution is -2.13. The third-order valence-electron chi connectivity index (χ3n) is 1.70. The van der Waals surface area contributed by atoms with Crippen molar-refractivity contribution in [2.24, 2.45) is 0 Å². The van der Waals surface area contributed by atoms with E-state index in [0.717, 1.165) is 13.0 Å². The summed E-state index contributed by atoms with van der Waals surface area (Å²) in [5.41, 5.74) is 0. The molecule has 0 aromatic rings. The molecule has 2 heteroatoms. The van der Waals surface area contributed by atoms with Gasteiger partial charge in [0.2, 0.25) is 6.29 Å². The molecule has 1 rings (SSSR count). The number of ether oxygens (including phenoxy) is 2. The second kappa shape index (κ2) is 5.84. The van der Waals surface area contributed by atoms with Crippen LogP contribution < -0.4 is 0 Å². The standard InChI is InChI=1S/C10H16O2/c1-2-3-5-8-11-10-7-4-6-9-12-10/h4,6-7,9-10H,2-3,5,8H2,1H3. The van der Waals surface area contributed by atoms with E-state index in [4.69, 9.17) is 9.47 Å². The van der Waals surface area contributed by atoms with Gasteiger partial charge in [0, 0.05) is 0 Å². The fourth-order valence-corrected chi connectivity index (χ4v) is 1.01. The van der Waals surface area contributed by atoms with Crippen molar-refractivity contribution in [1.82, 2.24) is 0 Å². The first-order chi connectivity index (χ1) is 5.93. The van der Waals surface area contributed by atoms with Crippen molar-refractivity contribution in [3.05, 3.63) is 24.5 Å². The Bertz CT molecular complexity index is 161. The summed E-state index contributed by atoms with van der Waals surface area (Å²) in [6.07, 6.45) is 10.8. The van der Waals surface area contributed by atoms with E-state index in [1.54, 1.807) is 6.26 Å². The number of hydrogen-bond donors (Lipinski definition) is 0. The lowest BCUT2D eigenvalue weighted by atomic mass is 10.3. The smallest absolute Gasteiger partial charge is 0.219 e. The second-order valence-electron chi connectivity index (χ2n) is 2.80. The fraction of sp³-hybridized carbons (Fsp3) is 0.600. The van der Waals surface area contributed by atoms with Gasteiger partial charge in [-0.25, -0.2) is 0 Å². The van der Waals surface area contributed by atoms with Crippen LogP contribution in [0.15, 0.2) is 24.5 Å². The van der Waals surface area contributed by atoms with Crippen LogP contribution in [0.1, 0.15) is 26.2 Å². The summed E-state index contributed by atoms with van der Waals surface area (Å²) in [6.45, 7) is 2.97. The van der Waals surface area contributed by atoms with Gasteiger partial charge in [-0.3, -0.25) is 0 Å². The Balaban J connectivity index is 2.00. The molecule has 0 saturated heterocycles. The van der Waals surface area contributed by atoms with E-state index in [0.29, 0.717) is 0 Å². The molecule has 0 aliphatic carbocycles. The SMILES string of the molecule is CCCCCOC1C=CC=CO1. The highest BCUT2D eigenvalue weighted by molar-refractivity contribution is 5.05. The minimum atomic E-state index is -0.160. The predicted molar refractivity (Wildman–Crippen MR) is 48.6 cm³/mol. The van der Waals surface area contributed by atoms with Gasteiger partial charge in [-0.2, -0.15) is 0 Å². The molecule has 1 heterocycles. The highest BCUT2D eigenvalue weighted by Crippen LogP contribution is 2.05. The second-order valence-corrected chi connectivity index (χ2v) is 2.80. The Morgan fingerprint density at radius 2 is 2.25 bits per heavy atom. The van der Waals surface area contributed by atoms with Gasteiger partial charge in [-0.1, -0.05) is 25.8 Å². The highest BCUT2D eigenvalue weighted by atomic mass is 16.7. The molecule has 2 nitrogen and oxygen atoms in total. The van der Waals surface area contributed by atoms with Gasteiger partial charge in [-0.05, 0) is 18.6 Å². The van der Waals surface area contributed by atoms with Crippen molar-refractivity contribution in [2.45, 2.75) is 32.5 Å². The van der Waals surface area contributed by atoms with Crippen molar-refractivity contribution in [3.63, 3.8) is 0 Å². The highest BCUT2D eigenvalue weighted by Gasteiger charge is 2.04. The molecule has 0 bridgehead atoms. The minimum absolute atomic E-state index is 0.160. The molecule has 68 valence electrons. The van der Waals surface area contributed by atoms with Gasteiger partial charge in [0.25, 0.3) is 0 Å². The molecule has 1 aliphatic rings. The summed E-state index contributed by atoms with van der Waals surface area (Å²) < 4.78 is 10.6. The van der Waals surface area contributed by atoms with E-state index in [1.807, 2.05) is 18.2 Å². The van der Waals surface area contributed by atoms with E-state index in [-0.39, 0.29) is 6.29 Å². The Kier molecular flexibility index (Phi) is 4.54. The summed E-state index contributed by atoms with van der Waals surface area (Å²) >= 11 is 0. The average Bonchev–Trinajstić information content (AvgIpc) is 2.14. The van der Waals surface area contributed by atoms with Crippen LogP contribution in [0.4, 0.5) is 0 Å². The van der Waals surface area contributed by atoms with Gasteiger partial charge in [0.05, 0.1) is 12.9 Å². The first-order valence-electron chi connectivity index (χ1n) is 4.54. The molecule has 0 radical (unpaired) electrons. The predicted octanol–water partition coefficient (Wildman–Crippen LogP) is 2.62. The van der Waals surface area contributed by atoms with E-state index in [9.17, 15) is 0 Å². The van der Waals surface area contributed by atoms with Crippen molar-refractivity contribution in [1.29, 1.82) is 0 Å². The van der Waals surface area contributed by atoms with Crippen molar-refractivity contribution < 1.29 is 9.47 Å². The first-order valence-corrected chi connectivity index (χ1v) is 4.54. The zero-order valence-electron chi connectivity index (χ0n) is 7.53. The molecule has 0 N–H and O–H groups in total. The van der Waals surface area contributed by atoms with Gasteiger partial charge in [0.1, 0.15) is 0 Å². The quantitative estimate of drug-likeness (QED) is 0.587. The normalized spacial score (nSPS) is 20.9. The maximum atomic E-state index is 5.42. The maximum absolute atomic E-state index is 5.42. The fourth-order valence-electron chi connectivity index (χ4n) is 1.01. The minimum Gasteiger partial charge on any atom is -0.469 e. The lowest BCUT2D eigenvalue weighted by Gasteiger charge is -2.15. The zero-order valence-corrected chi connectivity index (χ0v) is 7.53. The van der Waals surface area contributed by atoms with E-state index in [1.165, 1.54) is 12.8 Å². The molecule has 12 heavy (non-hydrogen) atoms. The summed E-state index contributed by atoms with van der Waals surface area (Å²) in [4.78, 5) is 0. The van der Waals surface area contributed by atoms with E-state index in [2.05, 4.69) is 6.92 Å². The molecule has 0 amide bonds. The van der Waals surface area contributed by atoms with Crippen molar-refractivity contribution >= 4 is 0 Å². The summed E-state index contributed by atoms with van der Waals surface area (Å²) in [5, 5.41) is 0. The van der Waals surface area contributed by atoms with Gasteiger partial charge < -0.3 is 9.47 Å². The Morgan fingerprint density at radius 3 is 2.92 bits per heavy atom. The molecule has 0 saturated carbocycles. The molecule has 0 fully saturated rings. The Hall–Kier alpha value is -0.760. The topological polar surface area (TPSA) is 18.5 Å². The molecule has 0 aromatic heterocycles. The zero-order chi connectivity index (χ0) is 8.65. The molecular formula is C10H16O2. The van der Waals surface area contributed by atoms with Crippen LogP contribution in [0.2, 0.25) is 0 Å². The molecule has 0 aromatic carbocycles. The van der Waals surface area contributed by atoms with E-state index < -0.39 is 0 Å². The third-order valence-corrected chi connectivity index (χ3v) is 1.70. The summed E-state index contributed by atoms with van der Waals surface area (Å²) in [5.74, 6) is 0. The van der Waals surface area contributed by atoms with Gasteiger partial charge in [-0.15, -0.1) is 0 Å². The Labute approximate surface area is 73.9 Å². The molecule has 1 aliphatic heterocycles. The van der Waals surface area contributed by atoms with Crippen LogP contribution in [0.5, 0.6) is 0 Å². The molecule has 0 spiro atoms. The van der Waals surface area contributed by atoms with E-state index >= 15 is 0 Å². The van der Waals surface area contributed by atoms with Crippen molar-refractivity contribution in [2.75, 3.05) is 6.61 Å². The third kappa shape index (κ3) is 3.58. The Morgan fingerprint density at radius 1 is 1.33 bits per heavy atom. The van der Waals surface area contributed by atoms with Gasteiger partial charge >= 0.3 is 0 Å². The van der Waals surface area contributed by atoms with Gasteiger partial charge in [0.15, 0.2) is 0 Å². The molecular weight excluding hydrogens is 152 g/mol. The lowest BCUT2D eigenvalue weighted by molar-refractivity contribution is -0.0749. The maximum Gasteiger partial charge on any atom is 0.219 e. The van der Waals surface area contributed by atoms with Crippen LogP contribution >= 0.6 is 0 Å². The largest absolute Gasteiger partial charge is 0.469 e. The average molecular weight is 168 g/mol. The number of allylic oxidation sites excluding steroid dienone is 2.